The number of rotatable bonds is 6. The third-order valence-electron chi connectivity index (χ3n) is 4.19. The van der Waals surface area contributed by atoms with Gasteiger partial charge < -0.3 is 14.8 Å². The smallest absolute Gasteiger partial charge is 0.339 e. The van der Waals surface area contributed by atoms with E-state index >= 15 is 0 Å². The lowest BCUT2D eigenvalue weighted by Crippen LogP contribution is -2.26. The van der Waals surface area contributed by atoms with Crippen LogP contribution in [0, 0.1) is 6.92 Å². The zero-order valence-corrected chi connectivity index (χ0v) is 15.7. The van der Waals surface area contributed by atoms with Crippen molar-refractivity contribution in [3.63, 3.8) is 0 Å². The molecule has 0 radical (unpaired) electrons. The lowest BCUT2D eigenvalue weighted by molar-refractivity contribution is -0.125. The van der Waals surface area contributed by atoms with Gasteiger partial charge in [-0.25, -0.2) is 4.79 Å². The number of aryl methyl sites for hydroxylation is 1. The van der Waals surface area contributed by atoms with Crippen molar-refractivity contribution in [2.45, 2.75) is 13.0 Å². The summed E-state index contributed by atoms with van der Waals surface area (Å²) in [5, 5.41) is 2.82. The number of methoxy groups -OCH3 is 1. The van der Waals surface area contributed by atoms with E-state index in [1.165, 1.54) is 7.11 Å². The van der Waals surface area contributed by atoms with Gasteiger partial charge in [0.2, 0.25) is 6.10 Å². The first-order valence-corrected chi connectivity index (χ1v) is 8.85. The van der Waals surface area contributed by atoms with Crippen LogP contribution in [0.4, 0.5) is 5.69 Å². The summed E-state index contributed by atoms with van der Waals surface area (Å²) in [6.07, 6.45) is -1.10. The Bertz CT molecular complexity index is 955. The van der Waals surface area contributed by atoms with E-state index in [0.29, 0.717) is 22.6 Å². The van der Waals surface area contributed by atoms with E-state index in [4.69, 9.17) is 9.47 Å². The van der Waals surface area contributed by atoms with Crippen LogP contribution < -0.4 is 10.1 Å². The van der Waals surface area contributed by atoms with Crippen LogP contribution in [0.1, 0.15) is 27.6 Å². The molecule has 5 heteroatoms. The van der Waals surface area contributed by atoms with Gasteiger partial charge >= 0.3 is 5.97 Å². The van der Waals surface area contributed by atoms with Crippen LogP contribution in [0.2, 0.25) is 0 Å². The third kappa shape index (κ3) is 4.57. The van der Waals surface area contributed by atoms with E-state index in [0.717, 1.165) is 5.56 Å². The van der Waals surface area contributed by atoms with E-state index < -0.39 is 18.0 Å². The number of esters is 1. The quantitative estimate of drug-likeness (QED) is 0.643. The maximum atomic E-state index is 13.0. The second kappa shape index (κ2) is 8.86. The molecule has 0 saturated heterocycles. The van der Waals surface area contributed by atoms with E-state index in [1.807, 2.05) is 25.1 Å². The summed E-state index contributed by atoms with van der Waals surface area (Å²) in [7, 11) is 1.53. The molecule has 0 saturated carbocycles. The Morgan fingerprint density at radius 2 is 1.54 bits per heavy atom. The predicted octanol–water partition coefficient (Wildman–Crippen LogP) is 4.54. The predicted molar refractivity (Wildman–Crippen MR) is 107 cm³/mol. The molecule has 1 amide bonds. The summed E-state index contributed by atoms with van der Waals surface area (Å²) >= 11 is 0. The monoisotopic (exact) mass is 375 g/mol. The maximum absolute atomic E-state index is 13.0. The normalized spacial score (nSPS) is 11.4. The first kappa shape index (κ1) is 19.2. The molecule has 1 N–H and O–H groups in total. The van der Waals surface area contributed by atoms with Gasteiger partial charge in [-0.2, -0.15) is 0 Å². The number of hydrogen-bond donors (Lipinski definition) is 1. The SMILES string of the molecule is COc1ccc(C)cc1NC(=O)[C@@H](OC(=O)c1ccccc1)c1ccccc1. The van der Waals surface area contributed by atoms with Gasteiger partial charge in [-0.05, 0) is 36.8 Å². The largest absolute Gasteiger partial charge is 0.495 e. The van der Waals surface area contributed by atoms with Crippen LogP contribution in [0.3, 0.4) is 0 Å². The summed E-state index contributed by atoms with van der Waals surface area (Å²) in [5.41, 5.74) is 2.44. The van der Waals surface area contributed by atoms with Crippen LogP contribution in [0.5, 0.6) is 5.75 Å². The van der Waals surface area contributed by atoms with Gasteiger partial charge in [0, 0.05) is 5.56 Å². The molecule has 3 aromatic rings. The van der Waals surface area contributed by atoms with Crippen LogP contribution >= 0.6 is 0 Å². The fourth-order valence-electron chi connectivity index (χ4n) is 2.77. The number of carbonyl (C=O) groups excluding carboxylic acids is 2. The number of nitrogens with one attached hydrogen (secondary N) is 1. The summed E-state index contributed by atoms with van der Waals surface area (Å²) in [5.74, 6) is -0.500. The van der Waals surface area contributed by atoms with Crippen LogP contribution in [0.15, 0.2) is 78.9 Å². The number of anilines is 1. The van der Waals surface area contributed by atoms with Gasteiger partial charge in [0.25, 0.3) is 5.91 Å². The lowest BCUT2D eigenvalue weighted by atomic mass is 10.1. The van der Waals surface area contributed by atoms with Crippen molar-refractivity contribution in [2.24, 2.45) is 0 Å². The van der Waals surface area contributed by atoms with E-state index in [-0.39, 0.29) is 0 Å². The summed E-state index contributed by atoms with van der Waals surface area (Å²) in [6.45, 7) is 1.92. The Morgan fingerprint density at radius 1 is 0.893 bits per heavy atom. The highest BCUT2D eigenvalue weighted by atomic mass is 16.5. The van der Waals surface area contributed by atoms with Crippen LogP contribution in [0.25, 0.3) is 0 Å². The van der Waals surface area contributed by atoms with Crippen molar-refractivity contribution in [1.29, 1.82) is 0 Å². The molecule has 0 unspecified atom stereocenters. The highest BCUT2D eigenvalue weighted by Gasteiger charge is 2.26. The van der Waals surface area contributed by atoms with E-state index in [2.05, 4.69) is 5.32 Å². The molecule has 0 aliphatic rings. The molecule has 0 aliphatic carbocycles. The molecule has 0 fully saturated rings. The molecule has 28 heavy (non-hydrogen) atoms. The molecule has 142 valence electrons. The molecule has 0 aliphatic heterocycles. The van der Waals surface area contributed by atoms with Crippen molar-refractivity contribution in [2.75, 3.05) is 12.4 Å². The molecular formula is C23H21NO4. The number of amides is 1. The molecular weight excluding hydrogens is 354 g/mol. The Morgan fingerprint density at radius 3 is 2.18 bits per heavy atom. The highest BCUT2D eigenvalue weighted by molar-refractivity contribution is 5.99. The number of benzene rings is 3. The van der Waals surface area contributed by atoms with Crippen molar-refractivity contribution < 1.29 is 19.1 Å². The Kier molecular flexibility index (Phi) is 6.07. The standard InChI is InChI=1S/C23H21NO4/c1-16-13-14-20(27-2)19(15-16)24-22(25)21(17-9-5-3-6-10-17)28-23(26)18-11-7-4-8-12-18/h3-15,21H,1-2H3,(H,24,25)/t21-/m0/s1. The van der Waals surface area contributed by atoms with Gasteiger partial charge in [0.05, 0.1) is 18.4 Å². The third-order valence-corrected chi connectivity index (χ3v) is 4.19. The molecule has 3 aromatic carbocycles. The molecule has 0 spiro atoms. The summed E-state index contributed by atoms with van der Waals surface area (Å²) < 4.78 is 10.9. The molecule has 5 nitrogen and oxygen atoms in total. The summed E-state index contributed by atoms with van der Waals surface area (Å²) in [4.78, 5) is 25.6. The van der Waals surface area contributed by atoms with Crippen molar-refractivity contribution in [3.8, 4) is 5.75 Å². The Balaban J connectivity index is 1.88. The zero-order chi connectivity index (χ0) is 19.9. The fourth-order valence-corrected chi connectivity index (χ4v) is 2.77. The zero-order valence-electron chi connectivity index (χ0n) is 15.7. The molecule has 0 aromatic heterocycles. The van der Waals surface area contributed by atoms with Gasteiger partial charge in [0.15, 0.2) is 0 Å². The molecule has 3 rings (SSSR count). The number of hydrogen-bond acceptors (Lipinski definition) is 4. The van der Waals surface area contributed by atoms with Gasteiger partial charge in [0.1, 0.15) is 5.75 Å². The Hall–Kier alpha value is -3.60. The minimum Gasteiger partial charge on any atom is -0.495 e. The number of carbonyl (C=O) groups is 2. The lowest BCUT2D eigenvalue weighted by Gasteiger charge is -2.19. The van der Waals surface area contributed by atoms with Crippen molar-refractivity contribution in [3.05, 3.63) is 95.6 Å². The topological polar surface area (TPSA) is 64.6 Å². The molecule has 1 atom stereocenters. The van der Waals surface area contributed by atoms with Crippen molar-refractivity contribution in [1.82, 2.24) is 0 Å². The van der Waals surface area contributed by atoms with Gasteiger partial charge in [-0.3, -0.25) is 4.79 Å². The highest BCUT2D eigenvalue weighted by Crippen LogP contribution is 2.28. The van der Waals surface area contributed by atoms with E-state index in [9.17, 15) is 9.59 Å². The Labute approximate surface area is 163 Å². The van der Waals surface area contributed by atoms with Gasteiger partial charge in [-0.1, -0.05) is 54.6 Å². The number of ether oxygens (including phenoxy) is 2. The first-order valence-electron chi connectivity index (χ1n) is 8.85. The van der Waals surface area contributed by atoms with Crippen molar-refractivity contribution >= 4 is 17.6 Å². The molecule has 0 heterocycles. The molecule has 0 bridgehead atoms. The second-order valence-electron chi connectivity index (χ2n) is 6.26. The maximum Gasteiger partial charge on any atom is 0.339 e. The van der Waals surface area contributed by atoms with Gasteiger partial charge in [-0.15, -0.1) is 0 Å². The van der Waals surface area contributed by atoms with Crippen LogP contribution in [-0.4, -0.2) is 19.0 Å². The van der Waals surface area contributed by atoms with E-state index in [1.54, 1.807) is 60.7 Å². The summed E-state index contributed by atoms with van der Waals surface area (Å²) in [6, 6.07) is 23.0. The average molecular weight is 375 g/mol. The fraction of sp³-hybridized carbons (Fsp3) is 0.130. The second-order valence-corrected chi connectivity index (χ2v) is 6.26. The van der Waals surface area contributed by atoms with Crippen LogP contribution in [-0.2, 0) is 9.53 Å². The first-order chi connectivity index (χ1) is 13.6. The minimum atomic E-state index is -1.10. The average Bonchev–Trinajstić information content (AvgIpc) is 2.73. The minimum absolute atomic E-state index is 0.379.